The van der Waals surface area contributed by atoms with Gasteiger partial charge >= 0.3 is 0 Å². The molecule has 112 valence electrons. The second-order valence-electron chi connectivity index (χ2n) is 5.84. The fraction of sp³-hybridized carbons (Fsp3) is 0.647. The van der Waals surface area contributed by atoms with Gasteiger partial charge in [-0.25, -0.2) is 0 Å². The number of methoxy groups -OCH3 is 2. The van der Waals surface area contributed by atoms with Gasteiger partial charge in [-0.2, -0.15) is 0 Å². The van der Waals surface area contributed by atoms with Gasteiger partial charge in [-0.1, -0.05) is 19.9 Å². The van der Waals surface area contributed by atoms with Crippen LogP contribution in [0.3, 0.4) is 0 Å². The molecule has 0 aliphatic heterocycles. The zero-order valence-electron chi connectivity index (χ0n) is 13.2. The summed E-state index contributed by atoms with van der Waals surface area (Å²) in [5.41, 5.74) is 1.63. The Labute approximate surface area is 122 Å². The number of rotatable bonds is 7. The smallest absolute Gasteiger partial charge is 0.161 e. The SMILES string of the molecule is CCCNCC1(c2ccc(OC)c(OC)c2)CCC1C. The normalized spacial score (nSPS) is 25.1. The third-order valence-corrected chi connectivity index (χ3v) is 4.79. The molecule has 0 radical (unpaired) electrons. The molecule has 0 spiro atoms. The average Bonchev–Trinajstić information content (AvgIpc) is 2.49. The molecule has 2 unspecified atom stereocenters. The van der Waals surface area contributed by atoms with E-state index in [-0.39, 0.29) is 5.41 Å². The van der Waals surface area contributed by atoms with Crippen molar-refractivity contribution in [1.29, 1.82) is 0 Å². The molecule has 1 aromatic carbocycles. The highest BCUT2D eigenvalue weighted by Gasteiger charge is 2.45. The van der Waals surface area contributed by atoms with Gasteiger partial charge in [-0.3, -0.25) is 0 Å². The second-order valence-corrected chi connectivity index (χ2v) is 5.84. The molecule has 1 saturated carbocycles. The highest BCUT2D eigenvalue weighted by Crippen LogP contribution is 2.49. The number of ether oxygens (including phenoxy) is 2. The van der Waals surface area contributed by atoms with Crippen molar-refractivity contribution in [3.05, 3.63) is 23.8 Å². The first-order chi connectivity index (χ1) is 9.67. The summed E-state index contributed by atoms with van der Waals surface area (Å²) in [7, 11) is 3.38. The van der Waals surface area contributed by atoms with Gasteiger partial charge in [0, 0.05) is 12.0 Å². The molecular weight excluding hydrogens is 250 g/mol. The van der Waals surface area contributed by atoms with Crippen molar-refractivity contribution in [2.75, 3.05) is 27.3 Å². The number of hydrogen-bond donors (Lipinski definition) is 1. The summed E-state index contributed by atoms with van der Waals surface area (Å²) in [5.74, 6) is 2.35. The zero-order chi connectivity index (χ0) is 14.6. The van der Waals surface area contributed by atoms with E-state index in [1.165, 1.54) is 24.8 Å². The van der Waals surface area contributed by atoms with Gasteiger partial charge in [-0.05, 0) is 49.4 Å². The Hall–Kier alpha value is -1.22. The predicted octanol–water partition coefficient (Wildman–Crippen LogP) is 3.37. The van der Waals surface area contributed by atoms with E-state index in [2.05, 4.69) is 31.3 Å². The average molecular weight is 277 g/mol. The highest BCUT2D eigenvalue weighted by molar-refractivity contribution is 5.46. The summed E-state index contributed by atoms with van der Waals surface area (Å²) in [5, 5.41) is 3.60. The molecule has 1 fully saturated rings. The van der Waals surface area contributed by atoms with Crippen LogP contribution in [-0.2, 0) is 5.41 Å². The Morgan fingerprint density at radius 3 is 2.50 bits per heavy atom. The maximum atomic E-state index is 5.46. The summed E-state index contributed by atoms with van der Waals surface area (Å²) in [6.45, 7) is 6.70. The zero-order valence-corrected chi connectivity index (χ0v) is 13.2. The third kappa shape index (κ3) is 2.64. The predicted molar refractivity (Wildman–Crippen MR) is 82.8 cm³/mol. The van der Waals surface area contributed by atoms with Gasteiger partial charge in [0.1, 0.15) is 0 Å². The minimum absolute atomic E-state index is 0.259. The first kappa shape index (κ1) is 15.2. The van der Waals surface area contributed by atoms with Crippen molar-refractivity contribution in [1.82, 2.24) is 5.32 Å². The molecule has 3 heteroatoms. The molecule has 0 amide bonds. The summed E-state index contributed by atoms with van der Waals surface area (Å²) in [4.78, 5) is 0. The summed E-state index contributed by atoms with van der Waals surface area (Å²) >= 11 is 0. The molecule has 1 aromatic rings. The highest BCUT2D eigenvalue weighted by atomic mass is 16.5. The number of hydrogen-bond acceptors (Lipinski definition) is 3. The van der Waals surface area contributed by atoms with Gasteiger partial charge in [0.15, 0.2) is 11.5 Å². The molecular formula is C17H27NO2. The standard InChI is InChI=1S/C17H27NO2/c1-5-10-18-12-17(9-8-13(17)2)14-6-7-15(19-3)16(11-14)20-4/h6-7,11,13,18H,5,8-10,12H2,1-4H3. The van der Waals surface area contributed by atoms with Crippen LogP contribution in [0.5, 0.6) is 11.5 Å². The first-order valence-corrected chi connectivity index (χ1v) is 7.61. The van der Waals surface area contributed by atoms with E-state index >= 15 is 0 Å². The van der Waals surface area contributed by atoms with Crippen LogP contribution >= 0.6 is 0 Å². The van der Waals surface area contributed by atoms with Crippen molar-refractivity contribution >= 4 is 0 Å². The largest absolute Gasteiger partial charge is 0.493 e. The Morgan fingerprint density at radius 1 is 1.25 bits per heavy atom. The quantitative estimate of drug-likeness (QED) is 0.775. The van der Waals surface area contributed by atoms with E-state index in [1.54, 1.807) is 14.2 Å². The van der Waals surface area contributed by atoms with E-state index in [1.807, 2.05) is 6.07 Å². The fourth-order valence-corrected chi connectivity index (χ4v) is 3.21. The van der Waals surface area contributed by atoms with Crippen LogP contribution in [0.2, 0.25) is 0 Å². The number of nitrogens with one attached hydrogen (secondary N) is 1. The van der Waals surface area contributed by atoms with E-state index in [0.29, 0.717) is 5.92 Å². The fourth-order valence-electron chi connectivity index (χ4n) is 3.21. The molecule has 0 heterocycles. The molecule has 1 N–H and O–H groups in total. The van der Waals surface area contributed by atoms with Gasteiger partial charge in [0.05, 0.1) is 14.2 Å². The van der Waals surface area contributed by atoms with Crippen molar-refractivity contribution in [2.45, 2.75) is 38.5 Å². The molecule has 3 nitrogen and oxygen atoms in total. The van der Waals surface area contributed by atoms with Gasteiger partial charge in [0.25, 0.3) is 0 Å². The van der Waals surface area contributed by atoms with Crippen LogP contribution in [0.15, 0.2) is 18.2 Å². The molecule has 2 rings (SSSR count). The lowest BCUT2D eigenvalue weighted by Gasteiger charge is -2.49. The monoisotopic (exact) mass is 277 g/mol. The molecule has 2 atom stereocenters. The molecule has 1 aliphatic rings. The van der Waals surface area contributed by atoms with Gasteiger partial charge in [0.2, 0.25) is 0 Å². The lowest BCUT2D eigenvalue weighted by atomic mass is 9.57. The Morgan fingerprint density at radius 2 is 2.00 bits per heavy atom. The van der Waals surface area contributed by atoms with Gasteiger partial charge < -0.3 is 14.8 Å². The lowest BCUT2D eigenvalue weighted by molar-refractivity contribution is 0.134. The minimum atomic E-state index is 0.259. The molecule has 20 heavy (non-hydrogen) atoms. The van der Waals surface area contributed by atoms with Crippen LogP contribution in [-0.4, -0.2) is 27.3 Å². The summed E-state index contributed by atoms with van der Waals surface area (Å²) in [6, 6.07) is 6.38. The lowest BCUT2D eigenvalue weighted by Crippen LogP contribution is -2.50. The van der Waals surface area contributed by atoms with Crippen LogP contribution in [0, 0.1) is 5.92 Å². The van der Waals surface area contributed by atoms with Gasteiger partial charge in [-0.15, -0.1) is 0 Å². The topological polar surface area (TPSA) is 30.5 Å². The second kappa shape index (κ2) is 6.49. The first-order valence-electron chi connectivity index (χ1n) is 7.61. The van der Waals surface area contributed by atoms with Crippen molar-refractivity contribution in [2.24, 2.45) is 5.92 Å². The summed E-state index contributed by atoms with van der Waals surface area (Å²) < 4.78 is 10.8. The van der Waals surface area contributed by atoms with Crippen molar-refractivity contribution in [3.63, 3.8) is 0 Å². The van der Waals surface area contributed by atoms with Crippen LogP contribution < -0.4 is 14.8 Å². The van der Waals surface area contributed by atoms with Crippen LogP contribution in [0.25, 0.3) is 0 Å². The molecule has 0 aromatic heterocycles. The maximum absolute atomic E-state index is 5.46. The van der Waals surface area contributed by atoms with E-state index in [9.17, 15) is 0 Å². The summed E-state index contributed by atoms with van der Waals surface area (Å²) in [6.07, 6.45) is 3.74. The van der Waals surface area contributed by atoms with Crippen molar-refractivity contribution < 1.29 is 9.47 Å². The van der Waals surface area contributed by atoms with E-state index in [4.69, 9.17) is 9.47 Å². The van der Waals surface area contributed by atoms with Crippen LogP contribution in [0.1, 0.15) is 38.7 Å². The van der Waals surface area contributed by atoms with Crippen molar-refractivity contribution in [3.8, 4) is 11.5 Å². The Kier molecular flexibility index (Phi) is 4.92. The maximum Gasteiger partial charge on any atom is 0.161 e. The van der Waals surface area contributed by atoms with E-state index < -0.39 is 0 Å². The third-order valence-electron chi connectivity index (χ3n) is 4.79. The number of benzene rings is 1. The molecule has 0 saturated heterocycles. The van der Waals surface area contributed by atoms with E-state index in [0.717, 1.165) is 24.6 Å². The Balaban J connectivity index is 2.25. The Bertz CT molecular complexity index is 447. The minimum Gasteiger partial charge on any atom is -0.493 e. The molecule has 0 bridgehead atoms. The molecule has 1 aliphatic carbocycles. The van der Waals surface area contributed by atoms with Crippen LogP contribution in [0.4, 0.5) is 0 Å².